The van der Waals surface area contributed by atoms with E-state index in [-0.39, 0.29) is 24.5 Å². The van der Waals surface area contributed by atoms with Crippen molar-refractivity contribution in [2.45, 2.75) is 70.5 Å². The number of fused-ring (bicyclic) bond motifs is 1. The maximum absolute atomic E-state index is 12.4. The summed E-state index contributed by atoms with van der Waals surface area (Å²) < 4.78 is 0. The number of rotatable bonds is 4. The summed E-state index contributed by atoms with van der Waals surface area (Å²) in [6, 6.07) is -0.0697. The Morgan fingerprint density at radius 3 is 2.48 bits per heavy atom. The molecule has 0 aromatic rings. The molecule has 1 saturated heterocycles. The number of nitrogens with zero attached hydrogens (tertiary/aromatic N) is 2. The van der Waals surface area contributed by atoms with Gasteiger partial charge in [-0.1, -0.05) is 12.8 Å². The Labute approximate surface area is 127 Å². The summed E-state index contributed by atoms with van der Waals surface area (Å²) in [5.74, 6) is -0.173. The number of carbonyl (C=O) groups excluding carboxylic acids is 1. The van der Waals surface area contributed by atoms with Crippen LogP contribution in [0.4, 0.5) is 0 Å². The molecule has 1 saturated carbocycles. The van der Waals surface area contributed by atoms with Crippen molar-refractivity contribution >= 4 is 11.9 Å². The predicted molar refractivity (Wildman–Crippen MR) is 81.0 cm³/mol. The number of likely N-dealkylation sites (tertiary alicyclic amines) is 1. The van der Waals surface area contributed by atoms with Gasteiger partial charge in [0.1, 0.15) is 6.04 Å². The third-order valence-electron chi connectivity index (χ3n) is 5.28. The zero-order valence-corrected chi connectivity index (χ0v) is 13.4. The summed E-state index contributed by atoms with van der Waals surface area (Å²) in [7, 11) is 1.80. The van der Waals surface area contributed by atoms with E-state index in [1.165, 1.54) is 12.8 Å². The van der Waals surface area contributed by atoms with Gasteiger partial charge < -0.3 is 10.0 Å². The molecule has 1 heterocycles. The predicted octanol–water partition coefficient (Wildman–Crippen LogP) is 1.96. The second kappa shape index (κ2) is 6.77. The highest BCUT2D eigenvalue weighted by atomic mass is 16.4. The van der Waals surface area contributed by atoms with E-state index in [2.05, 4.69) is 0 Å². The number of amides is 1. The summed E-state index contributed by atoms with van der Waals surface area (Å²) in [5.41, 5.74) is 0. The number of carbonyl (C=O) groups is 2. The minimum atomic E-state index is -0.779. The standard InChI is InChI=1S/C16H28N2O3/c1-11(2)17(3)15(19)10-18-13-7-5-4-6-12(13)8-9-14(18)16(20)21/h11-14H,4-10H2,1-3H3,(H,20,21). The van der Waals surface area contributed by atoms with Crippen molar-refractivity contribution in [3.05, 3.63) is 0 Å². The van der Waals surface area contributed by atoms with Crippen LogP contribution in [0, 0.1) is 5.92 Å². The molecule has 2 fully saturated rings. The Bertz CT molecular complexity index is 397. The molecule has 0 aromatic carbocycles. The molecule has 0 aromatic heterocycles. The minimum Gasteiger partial charge on any atom is -0.480 e. The Kier molecular flexibility index (Phi) is 5.25. The van der Waals surface area contributed by atoms with Gasteiger partial charge in [-0.3, -0.25) is 14.5 Å². The number of likely N-dealkylation sites (N-methyl/N-ethyl adjacent to an activating group) is 1. The van der Waals surface area contributed by atoms with Gasteiger partial charge in [-0.2, -0.15) is 0 Å². The number of hydrogen-bond donors (Lipinski definition) is 1. The summed E-state index contributed by atoms with van der Waals surface area (Å²) in [5, 5.41) is 9.49. The van der Waals surface area contributed by atoms with Gasteiger partial charge >= 0.3 is 5.97 Å². The van der Waals surface area contributed by atoms with E-state index in [4.69, 9.17) is 0 Å². The van der Waals surface area contributed by atoms with Crippen molar-refractivity contribution in [1.29, 1.82) is 0 Å². The van der Waals surface area contributed by atoms with Gasteiger partial charge in [0.25, 0.3) is 0 Å². The third kappa shape index (κ3) is 3.57. The zero-order chi connectivity index (χ0) is 15.6. The van der Waals surface area contributed by atoms with Crippen molar-refractivity contribution in [3.8, 4) is 0 Å². The van der Waals surface area contributed by atoms with E-state index >= 15 is 0 Å². The van der Waals surface area contributed by atoms with Crippen molar-refractivity contribution in [2.75, 3.05) is 13.6 Å². The zero-order valence-electron chi connectivity index (χ0n) is 13.4. The number of hydrogen-bond acceptors (Lipinski definition) is 3. The lowest BCUT2D eigenvalue weighted by molar-refractivity contribution is -0.150. The molecular weight excluding hydrogens is 268 g/mol. The lowest BCUT2D eigenvalue weighted by Gasteiger charge is -2.47. The van der Waals surface area contributed by atoms with Crippen LogP contribution >= 0.6 is 0 Å². The van der Waals surface area contributed by atoms with E-state index in [1.54, 1.807) is 11.9 Å². The van der Waals surface area contributed by atoms with Gasteiger partial charge in [0.05, 0.1) is 6.54 Å². The fraction of sp³-hybridized carbons (Fsp3) is 0.875. The molecule has 120 valence electrons. The van der Waals surface area contributed by atoms with Crippen LogP contribution in [0.3, 0.4) is 0 Å². The fourth-order valence-electron chi connectivity index (χ4n) is 3.78. The molecule has 1 aliphatic carbocycles. The second-order valence-corrected chi connectivity index (χ2v) is 6.81. The van der Waals surface area contributed by atoms with Crippen LogP contribution in [0.25, 0.3) is 0 Å². The van der Waals surface area contributed by atoms with Gasteiger partial charge in [-0.15, -0.1) is 0 Å². The first kappa shape index (κ1) is 16.3. The Hall–Kier alpha value is -1.10. The van der Waals surface area contributed by atoms with E-state index in [9.17, 15) is 14.7 Å². The Balaban J connectivity index is 2.12. The molecular formula is C16H28N2O3. The van der Waals surface area contributed by atoms with Gasteiger partial charge in [0, 0.05) is 19.1 Å². The molecule has 5 heteroatoms. The second-order valence-electron chi connectivity index (χ2n) is 6.81. The Morgan fingerprint density at radius 2 is 1.86 bits per heavy atom. The van der Waals surface area contributed by atoms with Crippen LogP contribution in [0.2, 0.25) is 0 Å². The van der Waals surface area contributed by atoms with E-state index in [1.807, 2.05) is 18.7 Å². The monoisotopic (exact) mass is 296 g/mol. The number of piperidine rings is 1. The molecule has 1 amide bonds. The average Bonchev–Trinajstić information content (AvgIpc) is 2.46. The summed E-state index contributed by atoms with van der Waals surface area (Å²) in [6.07, 6.45) is 6.28. The lowest BCUT2D eigenvalue weighted by Crippen LogP contribution is -2.58. The number of aliphatic carboxylic acids is 1. The van der Waals surface area contributed by atoms with Crippen molar-refractivity contribution in [2.24, 2.45) is 5.92 Å². The first-order valence-electron chi connectivity index (χ1n) is 8.16. The molecule has 3 atom stereocenters. The maximum atomic E-state index is 12.4. The summed E-state index contributed by atoms with van der Waals surface area (Å²) in [4.78, 5) is 27.6. The largest absolute Gasteiger partial charge is 0.480 e. The van der Waals surface area contributed by atoms with Gasteiger partial charge in [0.2, 0.25) is 5.91 Å². The van der Waals surface area contributed by atoms with Crippen LogP contribution in [0.15, 0.2) is 0 Å². The van der Waals surface area contributed by atoms with Crippen molar-refractivity contribution in [1.82, 2.24) is 9.80 Å². The average molecular weight is 296 g/mol. The van der Waals surface area contributed by atoms with Crippen molar-refractivity contribution < 1.29 is 14.7 Å². The van der Waals surface area contributed by atoms with Crippen LogP contribution in [0.1, 0.15) is 52.4 Å². The summed E-state index contributed by atoms with van der Waals surface area (Å²) in [6.45, 7) is 4.20. The third-order valence-corrected chi connectivity index (χ3v) is 5.28. The molecule has 1 N–H and O–H groups in total. The summed E-state index contributed by atoms with van der Waals surface area (Å²) >= 11 is 0. The fourth-order valence-corrected chi connectivity index (χ4v) is 3.78. The first-order chi connectivity index (χ1) is 9.91. The minimum absolute atomic E-state index is 0.0301. The van der Waals surface area contributed by atoms with E-state index in [0.717, 1.165) is 19.3 Å². The first-order valence-corrected chi connectivity index (χ1v) is 8.16. The van der Waals surface area contributed by atoms with Gasteiger partial charge in [0.15, 0.2) is 0 Å². The Morgan fingerprint density at radius 1 is 1.19 bits per heavy atom. The normalized spacial score (nSPS) is 30.0. The highest BCUT2D eigenvalue weighted by Crippen LogP contribution is 2.37. The van der Waals surface area contributed by atoms with E-state index in [0.29, 0.717) is 12.3 Å². The SMILES string of the molecule is CC(C)N(C)C(=O)CN1C(C(=O)O)CCC2CCCCC21. The molecule has 0 radical (unpaired) electrons. The maximum Gasteiger partial charge on any atom is 0.320 e. The molecule has 2 aliphatic rings. The van der Waals surface area contributed by atoms with E-state index < -0.39 is 12.0 Å². The molecule has 2 rings (SSSR count). The molecule has 0 spiro atoms. The number of carboxylic acid groups (broad SMARTS) is 1. The quantitative estimate of drug-likeness (QED) is 0.861. The topological polar surface area (TPSA) is 60.9 Å². The highest BCUT2D eigenvalue weighted by Gasteiger charge is 2.42. The van der Waals surface area contributed by atoms with Gasteiger partial charge in [-0.25, -0.2) is 0 Å². The molecule has 1 aliphatic heterocycles. The smallest absolute Gasteiger partial charge is 0.320 e. The number of carboxylic acids is 1. The van der Waals surface area contributed by atoms with Gasteiger partial charge in [-0.05, 0) is 45.4 Å². The molecule has 21 heavy (non-hydrogen) atoms. The highest BCUT2D eigenvalue weighted by molar-refractivity contribution is 5.80. The molecule has 5 nitrogen and oxygen atoms in total. The van der Waals surface area contributed by atoms with Crippen molar-refractivity contribution in [3.63, 3.8) is 0 Å². The van der Waals surface area contributed by atoms with Crippen LogP contribution in [-0.4, -0.2) is 58.5 Å². The lowest BCUT2D eigenvalue weighted by atomic mass is 9.76. The molecule has 0 bridgehead atoms. The van der Waals surface area contributed by atoms with Crippen LogP contribution in [0.5, 0.6) is 0 Å². The van der Waals surface area contributed by atoms with Crippen LogP contribution in [-0.2, 0) is 9.59 Å². The molecule has 3 unspecified atom stereocenters. The van der Waals surface area contributed by atoms with Crippen LogP contribution < -0.4 is 0 Å².